The number of rotatable bonds is 7. The lowest BCUT2D eigenvalue weighted by Gasteiger charge is -2.16. The number of carbonyl (C=O) groups is 1. The Morgan fingerprint density at radius 1 is 0.933 bits per heavy atom. The van der Waals surface area contributed by atoms with Crippen LogP contribution in [0, 0.1) is 0 Å². The number of hydrogen-bond acceptors (Lipinski definition) is 1. The molecule has 2 aromatic carbocycles. The van der Waals surface area contributed by atoms with Crippen LogP contribution in [0.5, 0.6) is 0 Å². The number of benzene rings is 2. The van der Waals surface area contributed by atoms with Crippen LogP contribution in [0.2, 0.25) is 0 Å². The molecule has 0 bridgehead atoms. The van der Waals surface area contributed by atoms with Gasteiger partial charge < -0.3 is 5.11 Å². The van der Waals surface area contributed by atoms with Crippen molar-refractivity contribution in [3.8, 4) is 11.4 Å². The molecular formula is C26H33N2O2+. The minimum atomic E-state index is -0.929. The van der Waals surface area contributed by atoms with Crippen LogP contribution in [0.3, 0.4) is 0 Å². The second kappa shape index (κ2) is 8.86. The molecule has 1 aromatic heterocycles. The molecule has 0 spiro atoms. The fourth-order valence-corrected chi connectivity index (χ4v) is 4.27. The number of carboxylic acids is 1. The second-order valence-corrected chi connectivity index (χ2v) is 8.39. The van der Waals surface area contributed by atoms with Crippen molar-refractivity contribution in [2.75, 3.05) is 0 Å². The van der Waals surface area contributed by atoms with Crippen LogP contribution in [0.1, 0.15) is 86.3 Å². The first-order valence-corrected chi connectivity index (χ1v) is 10.9. The average Bonchev–Trinajstić information content (AvgIpc) is 3.16. The number of hydrogen-bond donors (Lipinski definition) is 1. The summed E-state index contributed by atoms with van der Waals surface area (Å²) in [5.74, 6) is -0.0851. The molecule has 0 aliphatic heterocycles. The number of carboxylic acid groups (broad SMARTS) is 1. The van der Waals surface area contributed by atoms with Gasteiger partial charge in [-0.1, -0.05) is 77.9 Å². The van der Waals surface area contributed by atoms with Gasteiger partial charge in [-0.3, -0.25) is 0 Å². The Kier molecular flexibility index (Phi) is 6.45. The first-order chi connectivity index (χ1) is 14.3. The maximum absolute atomic E-state index is 12.6. The molecule has 0 unspecified atom stereocenters. The van der Waals surface area contributed by atoms with Gasteiger partial charge in [-0.05, 0) is 35.8 Å². The van der Waals surface area contributed by atoms with Crippen molar-refractivity contribution in [2.24, 2.45) is 0 Å². The predicted molar refractivity (Wildman–Crippen MR) is 121 cm³/mol. The number of nitrogens with zero attached hydrogens (tertiary/aromatic N) is 2. The van der Waals surface area contributed by atoms with Crippen molar-refractivity contribution >= 4 is 5.97 Å². The second-order valence-electron chi connectivity index (χ2n) is 8.39. The molecule has 0 fully saturated rings. The van der Waals surface area contributed by atoms with Gasteiger partial charge in [0.25, 0.3) is 0 Å². The molecule has 158 valence electrons. The van der Waals surface area contributed by atoms with E-state index in [-0.39, 0.29) is 17.7 Å². The van der Waals surface area contributed by atoms with Crippen LogP contribution in [0.25, 0.3) is 11.4 Å². The third kappa shape index (κ3) is 3.79. The summed E-state index contributed by atoms with van der Waals surface area (Å²) >= 11 is 0. The molecule has 1 N–H and O–H groups in total. The number of aryl methyl sites for hydroxylation is 2. The number of aromatic carboxylic acids is 1. The monoisotopic (exact) mass is 405 g/mol. The summed E-state index contributed by atoms with van der Waals surface area (Å²) in [7, 11) is 0. The zero-order valence-corrected chi connectivity index (χ0v) is 18.9. The van der Waals surface area contributed by atoms with Crippen LogP contribution in [0.4, 0.5) is 0 Å². The Bertz CT molecular complexity index is 984. The maximum Gasteiger partial charge on any atom is 0.420 e. The van der Waals surface area contributed by atoms with E-state index in [2.05, 4.69) is 77.9 Å². The molecule has 4 nitrogen and oxygen atoms in total. The molecule has 0 aliphatic rings. The maximum atomic E-state index is 12.6. The molecule has 0 atom stereocenters. The number of aromatic nitrogens is 2. The lowest BCUT2D eigenvalue weighted by Crippen LogP contribution is -2.39. The zero-order chi connectivity index (χ0) is 22.0. The average molecular weight is 406 g/mol. The molecule has 3 aromatic rings. The van der Waals surface area contributed by atoms with Gasteiger partial charge in [-0.2, -0.15) is 9.13 Å². The Balaban J connectivity index is 2.39. The molecule has 0 radical (unpaired) electrons. The SMILES string of the molecule is CCc1cccc(C(C)C)c1-n1cc[n+](-c2c(CC)cccc2C(C)C)c1C(=O)O. The van der Waals surface area contributed by atoms with Crippen LogP contribution in [0.15, 0.2) is 48.8 Å². The Labute approximate surface area is 179 Å². The van der Waals surface area contributed by atoms with E-state index in [1.54, 1.807) is 0 Å². The van der Waals surface area contributed by atoms with Crippen molar-refractivity contribution in [1.82, 2.24) is 4.57 Å². The van der Waals surface area contributed by atoms with Gasteiger partial charge in [-0.25, -0.2) is 4.79 Å². The molecule has 1 heterocycles. The first kappa shape index (κ1) is 21.8. The highest BCUT2D eigenvalue weighted by atomic mass is 16.4. The van der Waals surface area contributed by atoms with Crippen molar-refractivity contribution < 1.29 is 14.5 Å². The molecule has 0 amide bonds. The number of imidazole rings is 1. The van der Waals surface area contributed by atoms with E-state index in [4.69, 9.17) is 0 Å². The lowest BCUT2D eigenvalue weighted by atomic mass is 9.96. The molecule has 3 rings (SSSR count). The topological polar surface area (TPSA) is 46.1 Å². The Hall–Kier alpha value is -2.88. The fraction of sp³-hybridized carbons (Fsp3) is 0.385. The summed E-state index contributed by atoms with van der Waals surface area (Å²) < 4.78 is 3.74. The van der Waals surface area contributed by atoms with Crippen LogP contribution >= 0.6 is 0 Å². The zero-order valence-electron chi connectivity index (χ0n) is 18.9. The van der Waals surface area contributed by atoms with Crippen molar-refractivity contribution in [2.45, 2.75) is 66.2 Å². The highest BCUT2D eigenvalue weighted by Crippen LogP contribution is 2.29. The lowest BCUT2D eigenvalue weighted by molar-refractivity contribution is -0.599. The van der Waals surface area contributed by atoms with Crippen molar-refractivity contribution in [3.63, 3.8) is 0 Å². The Morgan fingerprint density at radius 3 is 2.03 bits per heavy atom. The van der Waals surface area contributed by atoms with Crippen molar-refractivity contribution in [3.05, 3.63) is 76.9 Å². The van der Waals surface area contributed by atoms with E-state index in [0.717, 1.165) is 46.5 Å². The van der Waals surface area contributed by atoms with E-state index >= 15 is 0 Å². The minimum Gasteiger partial charge on any atom is -0.472 e. The molecule has 4 heteroatoms. The third-order valence-electron chi connectivity index (χ3n) is 5.80. The summed E-state index contributed by atoms with van der Waals surface area (Å²) in [6, 6.07) is 12.5. The van der Waals surface area contributed by atoms with E-state index in [9.17, 15) is 9.90 Å². The fourth-order valence-electron chi connectivity index (χ4n) is 4.27. The van der Waals surface area contributed by atoms with E-state index in [0.29, 0.717) is 0 Å². The van der Waals surface area contributed by atoms with Crippen LogP contribution in [-0.4, -0.2) is 15.6 Å². The van der Waals surface area contributed by atoms with Crippen LogP contribution in [-0.2, 0) is 12.8 Å². The van der Waals surface area contributed by atoms with E-state index in [1.165, 1.54) is 0 Å². The molecule has 0 saturated heterocycles. The highest BCUT2D eigenvalue weighted by Gasteiger charge is 2.32. The summed E-state index contributed by atoms with van der Waals surface area (Å²) in [4.78, 5) is 12.6. The van der Waals surface area contributed by atoms with Gasteiger partial charge in [0.05, 0.1) is 0 Å². The summed E-state index contributed by atoms with van der Waals surface area (Å²) in [6.07, 6.45) is 5.49. The van der Waals surface area contributed by atoms with E-state index in [1.807, 2.05) is 21.5 Å². The normalized spacial score (nSPS) is 11.5. The summed E-state index contributed by atoms with van der Waals surface area (Å²) in [5, 5.41) is 10.3. The van der Waals surface area contributed by atoms with Gasteiger partial charge in [-0.15, -0.1) is 0 Å². The third-order valence-corrected chi connectivity index (χ3v) is 5.80. The van der Waals surface area contributed by atoms with E-state index < -0.39 is 5.97 Å². The molecule has 0 aliphatic carbocycles. The van der Waals surface area contributed by atoms with Gasteiger partial charge in [0, 0.05) is 11.1 Å². The van der Waals surface area contributed by atoms with Crippen molar-refractivity contribution in [1.29, 1.82) is 0 Å². The Morgan fingerprint density at radius 2 is 1.50 bits per heavy atom. The largest absolute Gasteiger partial charge is 0.472 e. The molecule has 30 heavy (non-hydrogen) atoms. The minimum absolute atomic E-state index is 0.264. The smallest absolute Gasteiger partial charge is 0.420 e. The predicted octanol–water partition coefficient (Wildman–Crippen LogP) is 5.82. The summed E-state index contributed by atoms with van der Waals surface area (Å²) in [6.45, 7) is 12.8. The summed E-state index contributed by atoms with van der Waals surface area (Å²) in [5.41, 5.74) is 6.61. The standard InChI is InChI=1S/C26H32N2O2/c1-7-19-11-9-13-21(17(3)4)23(19)27-15-16-28(25(27)26(29)30)24-20(8-2)12-10-14-22(24)18(5)6/h9-18H,7-8H2,1-6H3/p+1. The van der Waals surface area contributed by atoms with Gasteiger partial charge in [0.1, 0.15) is 23.8 Å². The van der Waals surface area contributed by atoms with Gasteiger partial charge in [0.15, 0.2) is 0 Å². The number of para-hydroxylation sites is 2. The molecule has 0 saturated carbocycles. The quantitative estimate of drug-likeness (QED) is 0.503. The highest BCUT2D eigenvalue weighted by molar-refractivity contribution is 5.83. The van der Waals surface area contributed by atoms with Crippen LogP contribution < -0.4 is 4.57 Å². The first-order valence-electron chi connectivity index (χ1n) is 10.9. The molecular weight excluding hydrogens is 372 g/mol. The van der Waals surface area contributed by atoms with Gasteiger partial charge >= 0.3 is 11.8 Å². The van der Waals surface area contributed by atoms with Gasteiger partial charge in [0.2, 0.25) is 0 Å².